The molecule has 0 saturated carbocycles. The van der Waals surface area contributed by atoms with Gasteiger partial charge in [0.1, 0.15) is 0 Å². The lowest BCUT2D eigenvalue weighted by atomic mass is 10.1. The Balaban J connectivity index is 1.68. The molecule has 0 bridgehead atoms. The van der Waals surface area contributed by atoms with Crippen LogP contribution in [0.4, 0.5) is 5.69 Å². The second kappa shape index (κ2) is 9.23. The fraction of sp³-hybridized carbons (Fsp3) is 0.0909. The Morgan fingerprint density at radius 1 is 0.933 bits per heavy atom. The molecule has 30 heavy (non-hydrogen) atoms. The maximum Gasteiger partial charge on any atom is 0.276 e. The van der Waals surface area contributed by atoms with Crippen LogP contribution < -0.4 is 10.1 Å². The quantitative estimate of drug-likeness (QED) is 0.391. The first-order valence-electron chi connectivity index (χ1n) is 9.05. The molecule has 8 heteroatoms. The molecule has 154 valence electrons. The molecule has 6 nitrogen and oxygen atoms in total. The minimum atomic E-state index is -3.75. The van der Waals surface area contributed by atoms with Gasteiger partial charge in [-0.05, 0) is 67.4 Å². The van der Waals surface area contributed by atoms with Gasteiger partial charge in [-0.1, -0.05) is 46.3 Å². The van der Waals surface area contributed by atoms with Crippen LogP contribution >= 0.6 is 15.9 Å². The number of nitrogens with one attached hydrogen (secondary N) is 2. The molecular weight excluding hydrogens is 466 g/mol. The average Bonchev–Trinajstić information content (AvgIpc) is 2.73. The number of carbonyl (C=O) groups is 1. The standard InChI is InChI=1S/C22H20BrN3O3S/c1-15-5-3-4-6-21(15)22(27)24-19-11-7-17(8-12-19)16(2)25-26-30(28,29)20-13-9-18(23)10-14-20/h3-14,26H,1-2H3,(H,24,27)/b25-16-. The molecule has 1 amide bonds. The van der Waals surface area contributed by atoms with Gasteiger partial charge in [0.2, 0.25) is 0 Å². The van der Waals surface area contributed by atoms with Gasteiger partial charge < -0.3 is 5.32 Å². The molecule has 0 aliphatic rings. The Labute approximate surface area is 184 Å². The van der Waals surface area contributed by atoms with Crippen molar-refractivity contribution in [3.8, 4) is 0 Å². The van der Waals surface area contributed by atoms with Crippen molar-refractivity contribution in [2.45, 2.75) is 18.7 Å². The number of hydrazone groups is 1. The largest absolute Gasteiger partial charge is 0.322 e. The van der Waals surface area contributed by atoms with Gasteiger partial charge >= 0.3 is 0 Å². The van der Waals surface area contributed by atoms with Crippen molar-refractivity contribution in [2.75, 3.05) is 5.32 Å². The van der Waals surface area contributed by atoms with Gasteiger partial charge in [0.15, 0.2) is 0 Å². The highest BCUT2D eigenvalue weighted by Crippen LogP contribution is 2.16. The van der Waals surface area contributed by atoms with Crippen LogP contribution in [0.25, 0.3) is 0 Å². The number of nitrogens with zero attached hydrogens (tertiary/aromatic N) is 1. The number of aryl methyl sites for hydroxylation is 1. The number of halogens is 1. The normalized spacial score (nSPS) is 11.8. The molecule has 3 rings (SSSR count). The lowest BCUT2D eigenvalue weighted by Gasteiger charge is -2.09. The van der Waals surface area contributed by atoms with Crippen LogP contribution in [0.5, 0.6) is 0 Å². The van der Waals surface area contributed by atoms with Crippen molar-refractivity contribution in [1.82, 2.24) is 4.83 Å². The van der Waals surface area contributed by atoms with Crippen molar-refractivity contribution in [1.29, 1.82) is 0 Å². The third kappa shape index (κ3) is 5.34. The molecule has 0 heterocycles. The molecule has 0 aromatic heterocycles. The van der Waals surface area contributed by atoms with Crippen molar-refractivity contribution < 1.29 is 13.2 Å². The lowest BCUT2D eigenvalue weighted by Crippen LogP contribution is -2.20. The predicted molar refractivity (Wildman–Crippen MR) is 122 cm³/mol. The van der Waals surface area contributed by atoms with E-state index in [2.05, 4.69) is 31.2 Å². The molecule has 0 spiro atoms. The zero-order valence-corrected chi connectivity index (χ0v) is 18.8. The van der Waals surface area contributed by atoms with Gasteiger partial charge in [-0.3, -0.25) is 4.79 Å². The molecule has 0 aliphatic heterocycles. The number of amides is 1. The van der Waals surface area contributed by atoms with Gasteiger partial charge in [0, 0.05) is 15.7 Å². The maximum absolute atomic E-state index is 12.4. The highest BCUT2D eigenvalue weighted by atomic mass is 79.9. The average molecular weight is 486 g/mol. The number of hydrogen-bond acceptors (Lipinski definition) is 4. The second-order valence-corrected chi connectivity index (χ2v) is 9.17. The highest BCUT2D eigenvalue weighted by molar-refractivity contribution is 9.10. The van der Waals surface area contributed by atoms with Crippen LogP contribution in [0.3, 0.4) is 0 Å². The third-order valence-electron chi connectivity index (χ3n) is 4.41. The van der Waals surface area contributed by atoms with E-state index in [0.717, 1.165) is 15.6 Å². The zero-order chi connectivity index (χ0) is 21.7. The van der Waals surface area contributed by atoms with Gasteiger partial charge in [-0.2, -0.15) is 18.4 Å². The molecule has 3 aromatic carbocycles. The van der Waals surface area contributed by atoms with Gasteiger partial charge in [0.05, 0.1) is 10.6 Å². The van der Waals surface area contributed by atoms with Gasteiger partial charge in [-0.15, -0.1) is 0 Å². The van der Waals surface area contributed by atoms with E-state index in [1.807, 2.05) is 25.1 Å². The van der Waals surface area contributed by atoms with Crippen molar-refractivity contribution in [2.24, 2.45) is 5.10 Å². The molecule has 0 radical (unpaired) electrons. The Hall–Kier alpha value is -2.97. The van der Waals surface area contributed by atoms with Crippen LogP contribution in [0.1, 0.15) is 28.4 Å². The van der Waals surface area contributed by atoms with E-state index in [9.17, 15) is 13.2 Å². The predicted octanol–water partition coefficient (Wildman–Crippen LogP) is 4.71. The number of rotatable bonds is 6. The van der Waals surface area contributed by atoms with Crippen molar-refractivity contribution >= 4 is 43.3 Å². The summed E-state index contributed by atoms with van der Waals surface area (Å²) in [5.74, 6) is -0.187. The van der Waals surface area contributed by atoms with Gasteiger partial charge in [-0.25, -0.2) is 0 Å². The first-order valence-corrected chi connectivity index (χ1v) is 11.3. The Morgan fingerprint density at radius 3 is 2.20 bits per heavy atom. The van der Waals surface area contributed by atoms with E-state index < -0.39 is 10.0 Å². The van der Waals surface area contributed by atoms with Crippen LogP contribution in [0, 0.1) is 6.92 Å². The molecule has 0 unspecified atom stereocenters. The molecular formula is C22H20BrN3O3S. The summed E-state index contributed by atoms with van der Waals surface area (Å²) in [7, 11) is -3.75. The van der Waals surface area contributed by atoms with Crippen LogP contribution in [-0.2, 0) is 10.0 Å². The number of sulfonamides is 1. The first-order chi connectivity index (χ1) is 14.3. The number of hydrogen-bond donors (Lipinski definition) is 2. The summed E-state index contributed by atoms with van der Waals surface area (Å²) in [5, 5.41) is 6.85. The summed E-state index contributed by atoms with van der Waals surface area (Å²) in [6, 6.07) is 20.6. The summed E-state index contributed by atoms with van der Waals surface area (Å²) in [5.41, 5.74) is 3.36. The van der Waals surface area contributed by atoms with Crippen molar-refractivity contribution in [3.05, 3.63) is 94.0 Å². The van der Waals surface area contributed by atoms with Crippen molar-refractivity contribution in [3.63, 3.8) is 0 Å². The van der Waals surface area contributed by atoms with E-state index in [0.29, 0.717) is 17.0 Å². The van der Waals surface area contributed by atoms with E-state index in [4.69, 9.17) is 0 Å². The smallest absolute Gasteiger partial charge is 0.276 e. The monoisotopic (exact) mass is 485 g/mol. The highest BCUT2D eigenvalue weighted by Gasteiger charge is 2.13. The fourth-order valence-electron chi connectivity index (χ4n) is 2.68. The molecule has 0 fully saturated rings. The molecule has 0 atom stereocenters. The summed E-state index contributed by atoms with van der Waals surface area (Å²) in [6.07, 6.45) is 0. The van der Waals surface area contributed by atoms with Crippen LogP contribution in [0.15, 0.2) is 87.3 Å². The third-order valence-corrected chi connectivity index (χ3v) is 6.16. The molecule has 3 aromatic rings. The summed E-state index contributed by atoms with van der Waals surface area (Å²) in [6.45, 7) is 3.58. The Kier molecular flexibility index (Phi) is 6.69. The SMILES string of the molecule is C/C(=N/NS(=O)(=O)c1ccc(Br)cc1)c1ccc(NC(=O)c2ccccc2C)cc1. The van der Waals surface area contributed by atoms with Gasteiger partial charge in [0.25, 0.3) is 15.9 Å². The minimum absolute atomic E-state index is 0.122. The fourth-order valence-corrected chi connectivity index (χ4v) is 3.80. The Morgan fingerprint density at radius 2 is 1.57 bits per heavy atom. The molecule has 0 saturated heterocycles. The topological polar surface area (TPSA) is 87.6 Å². The summed E-state index contributed by atoms with van der Waals surface area (Å²) in [4.78, 5) is 14.8. The Bertz CT molecular complexity index is 1190. The number of anilines is 1. The summed E-state index contributed by atoms with van der Waals surface area (Å²) < 4.78 is 25.5. The number of benzene rings is 3. The number of carbonyl (C=O) groups excluding carboxylic acids is 1. The van der Waals surface area contributed by atoms with Crippen LogP contribution in [-0.4, -0.2) is 20.0 Å². The zero-order valence-electron chi connectivity index (χ0n) is 16.4. The molecule has 0 aliphatic carbocycles. The maximum atomic E-state index is 12.4. The van der Waals surface area contributed by atoms with E-state index in [1.54, 1.807) is 49.4 Å². The van der Waals surface area contributed by atoms with E-state index in [1.165, 1.54) is 12.1 Å². The van der Waals surface area contributed by atoms with E-state index >= 15 is 0 Å². The minimum Gasteiger partial charge on any atom is -0.322 e. The van der Waals surface area contributed by atoms with Crippen LogP contribution in [0.2, 0.25) is 0 Å². The summed E-state index contributed by atoms with van der Waals surface area (Å²) >= 11 is 3.27. The second-order valence-electron chi connectivity index (χ2n) is 6.59. The van der Waals surface area contributed by atoms with E-state index in [-0.39, 0.29) is 10.8 Å². The molecule has 2 N–H and O–H groups in total. The lowest BCUT2D eigenvalue weighted by molar-refractivity contribution is 0.102. The first kappa shape index (κ1) is 21.7.